The number of halogens is 2. The number of ketones is 1. The van der Waals surface area contributed by atoms with Gasteiger partial charge in [0.25, 0.3) is 5.91 Å². The van der Waals surface area contributed by atoms with E-state index in [0.29, 0.717) is 31.9 Å². The first-order valence-electron chi connectivity index (χ1n) is 10.7. The summed E-state index contributed by atoms with van der Waals surface area (Å²) in [6.45, 7) is 1.72. The molecule has 35 heavy (non-hydrogen) atoms. The van der Waals surface area contributed by atoms with Gasteiger partial charge in [0.15, 0.2) is 5.76 Å². The Hall–Kier alpha value is -3.81. The molecule has 1 aromatic heterocycles. The van der Waals surface area contributed by atoms with Crippen LogP contribution < -0.4 is 4.90 Å². The number of hydrogen-bond donors (Lipinski definition) is 1. The highest BCUT2D eigenvalue weighted by molar-refractivity contribution is 7.17. The summed E-state index contributed by atoms with van der Waals surface area (Å²) in [6.07, 6.45) is 0. The lowest BCUT2D eigenvalue weighted by molar-refractivity contribution is -0.117. The summed E-state index contributed by atoms with van der Waals surface area (Å²) in [5.74, 6) is -2.35. The van der Waals surface area contributed by atoms with Gasteiger partial charge in [-0.1, -0.05) is 54.1 Å². The minimum Gasteiger partial charge on any atom is -0.503 e. The van der Waals surface area contributed by atoms with Gasteiger partial charge >= 0.3 is 0 Å². The van der Waals surface area contributed by atoms with E-state index in [1.807, 2.05) is 30.3 Å². The first-order chi connectivity index (χ1) is 16.8. The first kappa shape index (κ1) is 23.0. The molecule has 5 rings (SSSR count). The van der Waals surface area contributed by atoms with E-state index in [9.17, 15) is 19.1 Å². The molecule has 2 heterocycles. The zero-order valence-electron chi connectivity index (χ0n) is 18.4. The van der Waals surface area contributed by atoms with Crippen LogP contribution in [-0.2, 0) is 4.79 Å². The molecule has 1 aliphatic rings. The Morgan fingerprint density at radius 2 is 1.69 bits per heavy atom. The van der Waals surface area contributed by atoms with Crippen molar-refractivity contribution in [1.82, 2.24) is 4.98 Å². The Kier molecular flexibility index (Phi) is 5.96. The van der Waals surface area contributed by atoms with E-state index in [4.69, 9.17) is 11.6 Å². The Morgan fingerprint density at radius 1 is 1.03 bits per heavy atom. The summed E-state index contributed by atoms with van der Waals surface area (Å²) in [5, 5.41) is 12.1. The topological polar surface area (TPSA) is 70.5 Å². The zero-order chi connectivity index (χ0) is 24.7. The quantitative estimate of drug-likeness (QED) is 0.307. The first-order valence-corrected chi connectivity index (χ1v) is 11.9. The molecule has 0 spiro atoms. The number of aliphatic hydroxyl groups is 1. The van der Waals surface area contributed by atoms with Crippen LogP contribution >= 0.6 is 22.9 Å². The minimum atomic E-state index is -0.931. The average molecular weight is 505 g/mol. The van der Waals surface area contributed by atoms with Crippen LogP contribution in [0.25, 0.3) is 10.6 Å². The van der Waals surface area contributed by atoms with Crippen molar-refractivity contribution in [3.63, 3.8) is 0 Å². The molecule has 3 aromatic carbocycles. The summed E-state index contributed by atoms with van der Waals surface area (Å²) in [6, 6.07) is 20.5. The largest absolute Gasteiger partial charge is 0.503 e. The molecule has 174 valence electrons. The van der Waals surface area contributed by atoms with Crippen molar-refractivity contribution >= 4 is 40.3 Å². The number of carbonyl (C=O) groups excluding carboxylic acids is 2. The molecule has 5 nitrogen and oxygen atoms in total. The van der Waals surface area contributed by atoms with Gasteiger partial charge in [-0.05, 0) is 48.9 Å². The molecule has 8 heteroatoms. The van der Waals surface area contributed by atoms with Gasteiger partial charge in [-0.25, -0.2) is 9.37 Å². The highest BCUT2D eigenvalue weighted by Crippen LogP contribution is 2.43. The van der Waals surface area contributed by atoms with Crippen LogP contribution in [0, 0.1) is 12.7 Å². The van der Waals surface area contributed by atoms with Gasteiger partial charge in [-0.15, -0.1) is 11.3 Å². The molecule has 0 fully saturated rings. The molecule has 0 aliphatic carbocycles. The van der Waals surface area contributed by atoms with Crippen LogP contribution in [0.1, 0.15) is 27.0 Å². The van der Waals surface area contributed by atoms with Gasteiger partial charge in [0.2, 0.25) is 5.78 Å². The maximum Gasteiger partial charge on any atom is 0.294 e. The van der Waals surface area contributed by atoms with Crippen molar-refractivity contribution in [2.24, 2.45) is 0 Å². The number of nitrogens with zero attached hydrogens (tertiary/aromatic N) is 2. The molecule has 0 radical (unpaired) electrons. The van der Waals surface area contributed by atoms with Crippen LogP contribution in [0.5, 0.6) is 0 Å². The maximum absolute atomic E-state index is 13.8. The second kappa shape index (κ2) is 9.09. The van der Waals surface area contributed by atoms with Crippen molar-refractivity contribution in [3.8, 4) is 10.6 Å². The minimum absolute atomic E-state index is 0.0620. The Bertz CT molecular complexity index is 1460. The number of thiazole rings is 1. The number of rotatable bonds is 5. The molecule has 1 N–H and O–H groups in total. The van der Waals surface area contributed by atoms with Crippen LogP contribution in [0.4, 0.5) is 10.1 Å². The molecular formula is C27H18ClFN2O3S. The summed E-state index contributed by atoms with van der Waals surface area (Å²) in [4.78, 5) is 33.2. The van der Waals surface area contributed by atoms with E-state index in [-0.39, 0.29) is 5.57 Å². The number of aryl methyl sites for hydroxylation is 1. The van der Waals surface area contributed by atoms with Crippen LogP contribution in [0.15, 0.2) is 90.2 Å². The van der Waals surface area contributed by atoms with Gasteiger partial charge in [0, 0.05) is 16.3 Å². The normalized spacial score (nSPS) is 15.7. The third-order valence-corrected chi connectivity index (χ3v) is 7.22. The van der Waals surface area contributed by atoms with Gasteiger partial charge in [-0.2, -0.15) is 0 Å². The van der Waals surface area contributed by atoms with Crippen molar-refractivity contribution in [1.29, 1.82) is 0 Å². The van der Waals surface area contributed by atoms with Crippen molar-refractivity contribution in [3.05, 3.63) is 117 Å². The molecule has 0 bridgehead atoms. The zero-order valence-corrected chi connectivity index (χ0v) is 20.0. The van der Waals surface area contributed by atoms with Crippen LogP contribution in [0.3, 0.4) is 0 Å². The number of amides is 1. The molecule has 1 atom stereocenters. The van der Waals surface area contributed by atoms with Crippen LogP contribution in [-0.4, -0.2) is 21.8 Å². The summed E-state index contributed by atoms with van der Waals surface area (Å²) in [5.41, 5.74) is 2.22. The third kappa shape index (κ3) is 4.13. The fourth-order valence-corrected chi connectivity index (χ4v) is 5.25. The Morgan fingerprint density at radius 3 is 2.34 bits per heavy atom. The van der Waals surface area contributed by atoms with Crippen LogP contribution in [0.2, 0.25) is 5.02 Å². The highest BCUT2D eigenvalue weighted by atomic mass is 35.5. The van der Waals surface area contributed by atoms with Gasteiger partial charge < -0.3 is 5.11 Å². The van der Waals surface area contributed by atoms with E-state index in [0.717, 1.165) is 5.56 Å². The van der Waals surface area contributed by atoms with Gasteiger partial charge in [0.1, 0.15) is 10.8 Å². The SMILES string of the molecule is Cc1nc(-c2ccccc2)sc1C(=O)C1=C(O)C(=O)N(c2ccc(F)cc2)C1c1ccc(Cl)cc1. The molecule has 1 aliphatic heterocycles. The standard InChI is InChI=1S/C27H18ClFN2O3S/c1-15-25(35-26(30-15)17-5-3-2-4-6-17)23(32)21-22(16-7-9-18(28)10-8-16)31(27(34)24(21)33)20-13-11-19(29)12-14-20/h2-14,22,33H,1H3. The molecule has 1 amide bonds. The monoisotopic (exact) mass is 504 g/mol. The average Bonchev–Trinajstić information content (AvgIpc) is 3.38. The molecule has 4 aromatic rings. The van der Waals surface area contributed by atoms with E-state index < -0.39 is 29.3 Å². The van der Waals surface area contributed by atoms with Crippen molar-refractivity contribution in [2.75, 3.05) is 4.90 Å². The number of hydrogen-bond acceptors (Lipinski definition) is 5. The fraction of sp³-hybridized carbons (Fsp3) is 0.0741. The van der Waals surface area contributed by atoms with E-state index in [1.165, 1.54) is 40.5 Å². The fourth-order valence-electron chi connectivity index (χ4n) is 4.10. The summed E-state index contributed by atoms with van der Waals surface area (Å²) >= 11 is 7.27. The molecule has 0 saturated carbocycles. The number of anilines is 1. The van der Waals surface area contributed by atoms with Crippen molar-refractivity contribution in [2.45, 2.75) is 13.0 Å². The summed E-state index contributed by atoms with van der Waals surface area (Å²) < 4.78 is 13.6. The second-order valence-corrected chi connectivity index (χ2v) is 9.43. The van der Waals surface area contributed by atoms with E-state index in [1.54, 1.807) is 31.2 Å². The van der Waals surface area contributed by atoms with E-state index in [2.05, 4.69) is 4.98 Å². The highest BCUT2D eigenvalue weighted by Gasteiger charge is 2.45. The second-order valence-electron chi connectivity index (χ2n) is 8.00. The number of Topliss-reactive ketones (excluding diaryl/α,β-unsaturated/α-hetero) is 1. The molecule has 1 unspecified atom stereocenters. The number of carbonyl (C=O) groups is 2. The third-order valence-electron chi connectivity index (χ3n) is 5.77. The maximum atomic E-state index is 13.8. The van der Waals surface area contributed by atoms with Crippen molar-refractivity contribution < 1.29 is 19.1 Å². The molecule has 0 saturated heterocycles. The Balaban J connectivity index is 1.63. The number of aliphatic hydroxyl groups excluding tert-OH is 1. The van der Waals surface area contributed by atoms with Gasteiger partial charge in [0.05, 0.1) is 22.2 Å². The lowest BCUT2D eigenvalue weighted by Crippen LogP contribution is -2.31. The predicted molar refractivity (Wildman–Crippen MR) is 134 cm³/mol. The lowest BCUT2D eigenvalue weighted by Gasteiger charge is -2.27. The number of aromatic nitrogens is 1. The summed E-state index contributed by atoms with van der Waals surface area (Å²) in [7, 11) is 0. The number of benzene rings is 3. The van der Waals surface area contributed by atoms with E-state index >= 15 is 0 Å². The predicted octanol–water partition coefficient (Wildman–Crippen LogP) is 6.69. The lowest BCUT2D eigenvalue weighted by atomic mass is 9.95. The Labute approximate surface area is 209 Å². The van der Waals surface area contributed by atoms with Gasteiger partial charge in [-0.3, -0.25) is 14.5 Å². The smallest absolute Gasteiger partial charge is 0.294 e. The molecular weight excluding hydrogens is 487 g/mol.